The molecule has 7 nitrogen and oxygen atoms in total. The largest absolute Gasteiger partial charge is 0.342 e. The van der Waals surface area contributed by atoms with Crippen LogP contribution in [0.2, 0.25) is 0 Å². The molecule has 2 bridgehead atoms. The molecule has 0 radical (unpaired) electrons. The normalized spacial score (nSPS) is 25.6. The highest BCUT2D eigenvalue weighted by atomic mass is 16.2. The van der Waals surface area contributed by atoms with E-state index in [4.69, 9.17) is 0 Å². The molecule has 3 aliphatic heterocycles. The summed E-state index contributed by atoms with van der Waals surface area (Å²) in [7, 11) is 1.70. The number of imide groups is 1. The van der Waals surface area contributed by atoms with Gasteiger partial charge in [0.1, 0.15) is 5.54 Å². The minimum atomic E-state index is -1.51. The first-order valence-corrected chi connectivity index (χ1v) is 14.2. The number of piperazine rings is 1. The Kier molecular flexibility index (Phi) is 6.36. The fourth-order valence-electron chi connectivity index (χ4n) is 7.06. The van der Waals surface area contributed by atoms with Crippen LogP contribution in [-0.4, -0.2) is 63.5 Å². The second-order valence-electron chi connectivity index (χ2n) is 12.6. The van der Waals surface area contributed by atoms with Crippen molar-refractivity contribution in [2.24, 2.45) is 11.8 Å². The van der Waals surface area contributed by atoms with Crippen LogP contribution in [0.4, 0.5) is 0 Å². The minimum Gasteiger partial charge on any atom is -0.342 e. The third-order valence-electron chi connectivity index (χ3n) is 9.03. The Morgan fingerprint density at radius 3 is 2.00 bits per heavy atom. The van der Waals surface area contributed by atoms with Crippen LogP contribution < -0.4 is 0 Å². The van der Waals surface area contributed by atoms with Gasteiger partial charge in [0.25, 0.3) is 5.91 Å². The van der Waals surface area contributed by atoms with E-state index in [-0.39, 0.29) is 48.6 Å². The SMILES string of the molecule is CN1C[C@@H]2[C@@H]3C(=O)N(Cc4ccccc4)C(=O)[C@@H]3[C@](Cc3ccccc3)(C1=O)N2C(=O)c1ccc(C(C)(C)C)cc1. The molecule has 4 amide bonds. The third kappa shape index (κ3) is 4.17. The maximum absolute atomic E-state index is 14.4. The molecule has 6 rings (SSSR count). The summed E-state index contributed by atoms with van der Waals surface area (Å²) in [5.41, 5.74) is 1.60. The van der Waals surface area contributed by atoms with Gasteiger partial charge in [0.05, 0.1) is 24.4 Å². The molecule has 3 aromatic carbocycles. The minimum absolute atomic E-state index is 0.0863. The van der Waals surface area contributed by atoms with Gasteiger partial charge in [-0.2, -0.15) is 0 Å². The van der Waals surface area contributed by atoms with Gasteiger partial charge in [-0.05, 0) is 34.2 Å². The Bertz CT molecular complexity index is 1510. The maximum Gasteiger partial charge on any atom is 0.255 e. The molecule has 3 heterocycles. The van der Waals surface area contributed by atoms with Gasteiger partial charge in [0, 0.05) is 25.6 Å². The summed E-state index contributed by atoms with van der Waals surface area (Å²) < 4.78 is 0. The summed E-state index contributed by atoms with van der Waals surface area (Å²) in [6.07, 6.45) is 0.151. The van der Waals surface area contributed by atoms with Crippen molar-refractivity contribution in [2.75, 3.05) is 13.6 Å². The van der Waals surface area contributed by atoms with Crippen LogP contribution in [0.3, 0.4) is 0 Å². The van der Waals surface area contributed by atoms with Crippen molar-refractivity contribution < 1.29 is 19.2 Å². The number of fused-ring (bicyclic) bond motifs is 5. The van der Waals surface area contributed by atoms with Gasteiger partial charge in [-0.1, -0.05) is 93.6 Å². The first-order chi connectivity index (χ1) is 19.5. The number of likely N-dealkylation sites (tertiary alicyclic amines) is 2. The van der Waals surface area contributed by atoms with Gasteiger partial charge in [-0.25, -0.2) is 0 Å². The van der Waals surface area contributed by atoms with Gasteiger partial charge in [0.15, 0.2) is 0 Å². The third-order valence-corrected chi connectivity index (χ3v) is 9.03. The predicted molar refractivity (Wildman–Crippen MR) is 155 cm³/mol. The monoisotopic (exact) mass is 549 g/mol. The molecule has 3 aromatic rings. The molecular formula is C34H35N3O4. The van der Waals surface area contributed by atoms with E-state index in [9.17, 15) is 19.2 Å². The van der Waals surface area contributed by atoms with Gasteiger partial charge < -0.3 is 9.80 Å². The molecular weight excluding hydrogens is 514 g/mol. The average molecular weight is 550 g/mol. The van der Waals surface area contributed by atoms with E-state index >= 15 is 0 Å². The summed E-state index contributed by atoms with van der Waals surface area (Å²) >= 11 is 0. The summed E-state index contributed by atoms with van der Waals surface area (Å²) in [5, 5.41) is 0. The van der Waals surface area contributed by atoms with E-state index in [0.717, 1.165) is 16.7 Å². The highest BCUT2D eigenvalue weighted by molar-refractivity contribution is 6.13. The average Bonchev–Trinajstić information content (AvgIpc) is 3.34. The van der Waals surface area contributed by atoms with Crippen LogP contribution in [0.25, 0.3) is 0 Å². The number of amides is 4. The summed E-state index contributed by atoms with van der Waals surface area (Å²) in [6, 6.07) is 25.7. The molecule has 210 valence electrons. The van der Waals surface area contributed by atoms with Crippen molar-refractivity contribution in [1.29, 1.82) is 0 Å². The second-order valence-corrected chi connectivity index (χ2v) is 12.6. The Balaban J connectivity index is 1.47. The Labute approximate surface area is 240 Å². The number of benzene rings is 3. The number of hydrogen-bond donors (Lipinski definition) is 0. The standard InChI is InChI=1S/C34H35N3O4/c1-33(2,3)25-17-15-24(16-18-25)29(38)37-26-21-35(4)32(41)34(37,19-22-11-7-5-8-12-22)28-27(26)30(39)36(31(28)40)20-23-13-9-6-10-14-23/h5-18,26-28H,19-21H2,1-4H3/t26-,27+,28-,34-/m1/s1. The molecule has 0 unspecified atom stereocenters. The molecule has 3 saturated heterocycles. The quantitative estimate of drug-likeness (QED) is 0.450. The lowest BCUT2D eigenvalue weighted by Crippen LogP contribution is -2.69. The van der Waals surface area contributed by atoms with Gasteiger partial charge in [0.2, 0.25) is 17.7 Å². The Morgan fingerprint density at radius 1 is 0.829 bits per heavy atom. The topological polar surface area (TPSA) is 78.0 Å². The van der Waals surface area contributed by atoms with Crippen LogP contribution in [0.5, 0.6) is 0 Å². The Morgan fingerprint density at radius 2 is 1.41 bits per heavy atom. The van der Waals surface area contributed by atoms with Crippen molar-refractivity contribution in [3.8, 4) is 0 Å². The molecule has 0 aromatic heterocycles. The van der Waals surface area contributed by atoms with E-state index in [0.29, 0.717) is 5.56 Å². The summed E-state index contributed by atoms with van der Waals surface area (Å²) in [5.74, 6) is -3.06. The summed E-state index contributed by atoms with van der Waals surface area (Å²) in [6.45, 7) is 6.67. The number of likely N-dealkylation sites (N-methyl/N-ethyl adjacent to an activating group) is 1. The first kappa shape index (κ1) is 26.9. The van der Waals surface area contributed by atoms with E-state index in [2.05, 4.69) is 20.8 Å². The van der Waals surface area contributed by atoms with Crippen LogP contribution in [0.15, 0.2) is 84.9 Å². The molecule has 4 atom stereocenters. The van der Waals surface area contributed by atoms with Crippen LogP contribution in [-0.2, 0) is 32.8 Å². The van der Waals surface area contributed by atoms with E-state index in [1.54, 1.807) is 29.0 Å². The lowest BCUT2D eigenvalue weighted by atomic mass is 9.75. The zero-order valence-corrected chi connectivity index (χ0v) is 23.9. The van der Waals surface area contributed by atoms with Gasteiger partial charge >= 0.3 is 0 Å². The molecule has 0 N–H and O–H groups in total. The van der Waals surface area contributed by atoms with Crippen molar-refractivity contribution in [1.82, 2.24) is 14.7 Å². The maximum atomic E-state index is 14.4. The lowest BCUT2D eigenvalue weighted by Gasteiger charge is -2.49. The molecule has 41 heavy (non-hydrogen) atoms. The van der Waals surface area contributed by atoms with Gasteiger partial charge in [-0.3, -0.25) is 24.1 Å². The fourth-order valence-corrected chi connectivity index (χ4v) is 7.06. The van der Waals surface area contributed by atoms with Crippen LogP contribution in [0, 0.1) is 11.8 Å². The fraction of sp³-hybridized carbons (Fsp3) is 0.353. The van der Waals surface area contributed by atoms with Crippen molar-refractivity contribution in [3.63, 3.8) is 0 Å². The zero-order valence-electron chi connectivity index (χ0n) is 23.9. The second kappa shape index (κ2) is 9.68. The van der Waals surface area contributed by atoms with E-state index < -0.39 is 23.4 Å². The number of carbonyl (C=O) groups excluding carboxylic acids is 4. The molecule has 0 spiro atoms. The van der Waals surface area contributed by atoms with Crippen LogP contribution >= 0.6 is 0 Å². The van der Waals surface area contributed by atoms with Crippen molar-refractivity contribution in [3.05, 3.63) is 107 Å². The molecule has 0 saturated carbocycles. The molecule has 7 heteroatoms. The highest BCUT2D eigenvalue weighted by Gasteiger charge is 2.75. The number of nitrogens with zero attached hydrogens (tertiary/aromatic N) is 3. The Hall–Kier alpha value is -4.26. The molecule has 0 aliphatic carbocycles. The first-order valence-electron chi connectivity index (χ1n) is 14.2. The zero-order chi connectivity index (χ0) is 29.1. The predicted octanol–water partition coefficient (Wildman–Crippen LogP) is 4.06. The number of rotatable bonds is 5. The highest BCUT2D eigenvalue weighted by Crippen LogP contribution is 2.54. The molecule has 3 aliphatic rings. The molecule has 3 fully saturated rings. The van der Waals surface area contributed by atoms with E-state index in [1.165, 1.54) is 4.90 Å². The number of hydrogen-bond acceptors (Lipinski definition) is 4. The van der Waals surface area contributed by atoms with E-state index in [1.807, 2.05) is 72.8 Å². The number of carbonyl (C=O) groups is 4. The van der Waals surface area contributed by atoms with Gasteiger partial charge in [-0.15, -0.1) is 0 Å². The summed E-state index contributed by atoms with van der Waals surface area (Å²) in [4.78, 5) is 61.6. The lowest BCUT2D eigenvalue weighted by molar-refractivity contribution is -0.155. The van der Waals surface area contributed by atoms with Crippen LogP contribution in [0.1, 0.15) is 47.8 Å². The van der Waals surface area contributed by atoms with Crippen molar-refractivity contribution in [2.45, 2.75) is 50.7 Å². The van der Waals surface area contributed by atoms with Crippen molar-refractivity contribution >= 4 is 23.6 Å². The smallest absolute Gasteiger partial charge is 0.255 e.